The molecular formula is C14H20INO3. The Morgan fingerprint density at radius 1 is 1.42 bits per heavy atom. The van der Waals surface area contributed by atoms with Crippen molar-refractivity contribution in [2.75, 3.05) is 6.61 Å². The van der Waals surface area contributed by atoms with Crippen LogP contribution in [0.4, 0.5) is 0 Å². The molecule has 4 nitrogen and oxygen atoms in total. The fourth-order valence-corrected chi connectivity index (χ4v) is 2.27. The molecule has 0 radical (unpaired) electrons. The largest absolute Gasteiger partial charge is 0.507 e. The lowest BCUT2D eigenvalue weighted by atomic mass is 9.84. The quantitative estimate of drug-likeness (QED) is 0.707. The second-order valence-corrected chi connectivity index (χ2v) is 6.81. The Labute approximate surface area is 127 Å². The summed E-state index contributed by atoms with van der Waals surface area (Å²) in [6, 6.07) is 4.74. The molecule has 0 spiro atoms. The van der Waals surface area contributed by atoms with Crippen molar-refractivity contribution < 1.29 is 15.0 Å². The molecule has 1 atom stereocenters. The first kappa shape index (κ1) is 16.2. The lowest BCUT2D eigenvalue weighted by Gasteiger charge is -2.31. The Morgan fingerprint density at radius 2 is 2.05 bits per heavy atom. The molecule has 0 aliphatic carbocycles. The Bertz CT molecular complexity index is 454. The zero-order valence-electron chi connectivity index (χ0n) is 11.4. The number of carbonyl (C=O) groups is 1. The predicted octanol–water partition coefficient (Wildman–Crippen LogP) is 2.52. The van der Waals surface area contributed by atoms with Gasteiger partial charge in [0.15, 0.2) is 0 Å². The standard InChI is InChI=1S/C14H20INO3/c1-14(2,3)12(6-7-17)16-13(19)10-8-9(15)4-5-11(10)18/h4-5,8,12,17-18H,6-7H2,1-3H3,(H,16,19). The molecule has 1 rings (SSSR count). The number of aliphatic hydroxyl groups excluding tert-OH is 1. The summed E-state index contributed by atoms with van der Waals surface area (Å²) in [5.74, 6) is -0.348. The number of nitrogens with one attached hydrogen (secondary N) is 1. The number of amides is 1. The topological polar surface area (TPSA) is 69.6 Å². The van der Waals surface area contributed by atoms with Gasteiger partial charge in [-0.05, 0) is 52.6 Å². The number of benzene rings is 1. The van der Waals surface area contributed by atoms with Crippen LogP contribution in [0.2, 0.25) is 0 Å². The molecule has 0 fully saturated rings. The van der Waals surface area contributed by atoms with E-state index in [-0.39, 0.29) is 35.3 Å². The van der Waals surface area contributed by atoms with E-state index in [4.69, 9.17) is 5.11 Å². The maximum Gasteiger partial charge on any atom is 0.255 e. The van der Waals surface area contributed by atoms with Crippen LogP contribution in [0, 0.1) is 8.99 Å². The Morgan fingerprint density at radius 3 is 2.58 bits per heavy atom. The molecule has 0 aliphatic heterocycles. The third kappa shape index (κ3) is 4.65. The normalized spacial score (nSPS) is 13.1. The minimum Gasteiger partial charge on any atom is -0.507 e. The van der Waals surface area contributed by atoms with Gasteiger partial charge < -0.3 is 15.5 Å². The molecule has 0 saturated heterocycles. The monoisotopic (exact) mass is 377 g/mol. The van der Waals surface area contributed by atoms with Gasteiger partial charge in [0.2, 0.25) is 0 Å². The third-order valence-corrected chi connectivity index (χ3v) is 3.64. The molecule has 19 heavy (non-hydrogen) atoms. The maximum absolute atomic E-state index is 12.2. The number of carbonyl (C=O) groups excluding carboxylic acids is 1. The summed E-state index contributed by atoms with van der Waals surface area (Å²) in [5, 5.41) is 21.7. The highest BCUT2D eigenvalue weighted by atomic mass is 127. The summed E-state index contributed by atoms with van der Waals surface area (Å²) in [6.45, 7) is 6.02. The Kier molecular flexibility index (Phi) is 5.61. The molecule has 1 aromatic carbocycles. The second-order valence-electron chi connectivity index (χ2n) is 5.57. The van der Waals surface area contributed by atoms with Crippen molar-refractivity contribution in [3.05, 3.63) is 27.3 Å². The Balaban J connectivity index is 2.91. The van der Waals surface area contributed by atoms with Gasteiger partial charge in [0, 0.05) is 16.2 Å². The number of aromatic hydroxyl groups is 1. The van der Waals surface area contributed by atoms with Crippen LogP contribution in [0.15, 0.2) is 18.2 Å². The van der Waals surface area contributed by atoms with Gasteiger partial charge in [-0.2, -0.15) is 0 Å². The molecule has 106 valence electrons. The van der Waals surface area contributed by atoms with E-state index in [9.17, 15) is 9.90 Å². The number of halogens is 1. The summed E-state index contributed by atoms with van der Waals surface area (Å²) in [6.07, 6.45) is 0.486. The minimum absolute atomic E-state index is 0.0144. The molecule has 0 saturated carbocycles. The molecule has 0 bridgehead atoms. The number of phenols is 1. The highest BCUT2D eigenvalue weighted by Crippen LogP contribution is 2.24. The highest BCUT2D eigenvalue weighted by molar-refractivity contribution is 14.1. The predicted molar refractivity (Wildman–Crippen MR) is 83.2 cm³/mol. The van der Waals surface area contributed by atoms with E-state index < -0.39 is 0 Å². The van der Waals surface area contributed by atoms with Crippen molar-refractivity contribution in [3.63, 3.8) is 0 Å². The highest BCUT2D eigenvalue weighted by Gasteiger charge is 2.26. The van der Waals surface area contributed by atoms with E-state index in [1.807, 2.05) is 20.8 Å². The maximum atomic E-state index is 12.2. The second kappa shape index (κ2) is 6.56. The molecule has 0 aromatic heterocycles. The number of aliphatic hydroxyl groups is 1. The van der Waals surface area contributed by atoms with Crippen molar-refractivity contribution in [2.24, 2.45) is 5.41 Å². The molecule has 0 heterocycles. The van der Waals surface area contributed by atoms with Gasteiger partial charge in [-0.1, -0.05) is 20.8 Å². The van der Waals surface area contributed by atoms with E-state index in [1.54, 1.807) is 12.1 Å². The van der Waals surface area contributed by atoms with Gasteiger partial charge in [-0.3, -0.25) is 4.79 Å². The van der Waals surface area contributed by atoms with Crippen LogP contribution < -0.4 is 5.32 Å². The fourth-order valence-electron chi connectivity index (χ4n) is 1.78. The van der Waals surface area contributed by atoms with Crippen molar-refractivity contribution in [2.45, 2.75) is 33.2 Å². The van der Waals surface area contributed by atoms with Crippen LogP contribution in [0.3, 0.4) is 0 Å². The molecule has 1 amide bonds. The van der Waals surface area contributed by atoms with E-state index in [0.717, 1.165) is 3.57 Å². The third-order valence-electron chi connectivity index (χ3n) is 2.97. The lowest BCUT2D eigenvalue weighted by Crippen LogP contribution is -2.44. The summed E-state index contributed by atoms with van der Waals surface area (Å²) >= 11 is 2.09. The first-order valence-corrected chi connectivity index (χ1v) is 7.24. The van der Waals surface area contributed by atoms with Crippen molar-refractivity contribution in [3.8, 4) is 5.75 Å². The first-order chi connectivity index (χ1) is 8.75. The molecule has 3 N–H and O–H groups in total. The van der Waals surface area contributed by atoms with Crippen molar-refractivity contribution in [1.29, 1.82) is 0 Å². The van der Waals surface area contributed by atoms with Gasteiger partial charge >= 0.3 is 0 Å². The van der Waals surface area contributed by atoms with Crippen molar-refractivity contribution >= 4 is 28.5 Å². The van der Waals surface area contributed by atoms with Crippen LogP contribution in [0.5, 0.6) is 5.75 Å². The summed E-state index contributed by atoms with van der Waals surface area (Å²) in [7, 11) is 0. The average molecular weight is 377 g/mol. The van der Waals surface area contributed by atoms with E-state index in [1.165, 1.54) is 6.07 Å². The first-order valence-electron chi connectivity index (χ1n) is 6.16. The van der Waals surface area contributed by atoms with Crippen LogP contribution in [0.1, 0.15) is 37.6 Å². The average Bonchev–Trinajstić information content (AvgIpc) is 2.30. The van der Waals surface area contributed by atoms with E-state index in [0.29, 0.717) is 6.42 Å². The number of hydrogen-bond acceptors (Lipinski definition) is 3. The van der Waals surface area contributed by atoms with Crippen LogP contribution in [-0.2, 0) is 0 Å². The van der Waals surface area contributed by atoms with Gasteiger partial charge in [0.05, 0.1) is 5.56 Å². The van der Waals surface area contributed by atoms with Gasteiger partial charge in [0.1, 0.15) is 5.75 Å². The zero-order valence-corrected chi connectivity index (χ0v) is 13.6. The van der Waals surface area contributed by atoms with E-state index in [2.05, 4.69) is 27.9 Å². The zero-order chi connectivity index (χ0) is 14.6. The van der Waals surface area contributed by atoms with Gasteiger partial charge in [-0.25, -0.2) is 0 Å². The van der Waals surface area contributed by atoms with E-state index >= 15 is 0 Å². The van der Waals surface area contributed by atoms with Crippen molar-refractivity contribution in [1.82, 2.24) is 5.32 Å². The lowest BCUT2D eigenvalue weighted by molar-refractivity contribution is 0.0882. The number of rotatable bonds is 4. The summed E-state index contributed by atoms with van der Waals surface area (Å²) in [5.41, 5.74) is 0.106. The minimum atomic E-state index is -0.315. The molecular weight excluding hydrogens is 357 g/mol. The summed E-state index contributed by atoms with van der Waals surface area (Å²) in [4.78, 5) is 12.2. The number of hydrogen-bond donors (Lipinski definition) is 3. The van der Waals surface area contributed by atoms with Crippen LogP contribution in [0.25, 0.3) is 0 Å². The van der Waals surface area contributed by atoms with Gasteiger partial charge in [-0.15, -0.1) is 0 Å². The Hall–Kier alpha value is -0.820. The molecule has 1 aromatic rings. The summed E-state index contributed by atoms with van der Waals surface area (Å²) < 4.78 is 0.884. The molecule has 1 unspecified atom stereocenters. The molecule has 0 aliphatic rings. The fraction of sp³-hybridized carbons (Fsp3) is 0.500. The van der Waals surface area contributed by atoms with Gasteiger partial charge in [0.25, 0.3) is 5.91 Å². The van der Waals surface area contributed by atoms with Crippen LogP contribution in [-0.4, -0.2) is 28.8 Å². The SMILES string of the molecule is CC(C)(C)C(CCO)NC(=O)c1cc(I)ccc1O. The molecule has 5 heteroatoms. The van der Waals surface area contributed by atoms with Crippen LogP contribution >= 0.6 is 22.6 Å². The number of phenolic OH excluding ortho intramolecular Hbond substituents is 1. The smallest absolute Gasteiger partial charge is 0.255 e.